The first-order valence-electron chi connectivity index (χ1n) is 7.99. The van der Waals surface area contributed by atoms with E-state index in [1.54, 1.807) is 0 Å². The maximum Gasteiger partial charge on any atom is 0.225 e. The van der Waals surface area contributed by atoms with Crippen LogP contribution in [-0.2, 0) is 9.59 Å². The summed E-state index contributed by atoms with van der Waals surface area (Å²) in [5.74, 6) is 0.690. The molecule has 0 spiro atoms. The highest BCUT2D eigenvalue weighted by Crippen LogP contribution is 2.31. The Labute approximate surface area is 120 Å². The normalized spacial score (nSPS) is 37.5. The van der Waals surface area contributed by atoms with Crippen molar-refractivity contribution in [2.75, 3.05) is 13.1 Å². The van der Waals surface area contributed by atoms with Gasteiger partial charge in [-0.05, 0) is 31.6 Å². The number of rotatable bonds is 2. The topological polar surface area (TPSA) is 75.4 Å². The van der Waals surface area contributed by atoms with Crippen LogP contribution in [0.4, 0.5) is 0 Å². The van der Waals surface area contributed by atoms with Gasteiger partial charge in [0.1, 0.15) is 0 Å². The highest BCUT2D eigenvalue weighted by Gasteiger charge is 2.42. The Morgan fingerprint density at radius 2 is 2.05 bits per heavy atom. The molecular weight excluding hydrogens is 254 g/mol. The molecule has 20 heavy (non-hydrogen) atoms. The van der Waals surface area contributed by atoms with Crippen LogP contribution in [0.3, 0.4) is 0 Å². The van der Waals surface area contributed by atoms with Crippen LogP contribution in [0.2, 0.25) is 0 Å². The Hall–Kier alpha value is -1.10. The molecule has 3 N–H and O–H groups in total. The van der Waals surface area contributed by atoms with Crippen LogP contribution in [0.5, 0.6) is 0 Å². The smallest absolute Gasteiger partial charge is 0.225 e. The summed E-state index contributed by atoms with van der Waals surface area (Å²) in [5.41, 5.74) is 6.15. The molecule has 5 nitrogen and oxygen atoms in total. The summed E-state index contributed by atoms with van der Waals surface area (Å²) >= 11 is 0. The lowest BCUT2D eigenvalue weighted by Crippen LogP contribution is -2.50. The summed E-state index contributed by atoms with van der Waals surface area (Å²) in [6, 6.07) is 0.264. The van der Waals surface area contributed by atoms with Gasteiger partial charge in [0.15, 0.2) is 0 Å². The molecule has 2 heterocycles. The lowest BCUT2D eigenvalue weighted by atomic mass is 9.82. The van der Waals surface area contributed by atoms with Crippen molar-refractivity contribution in [2.45, 2.75) is 57.0 Å². The van der Waals surface area contributed by atoms with E-state index in [0.717, 1.165) is 32.2 Å². The number of nitrogens with zero attached hydrogens (tertiary/aromatic N) is 1. The number of amides is 2. The van der Waals surface area contributed by atoms with E-state index in [9.17, 15) is 9.59 Å². The Morgan fingerprint density at radius 1 is 1.25 bits per heavy atom. The van der Waals surface area contributed by atoms with Gasteiger partial charge in [-0.25, -0.2) is 0 Å². The first-order chi connectivity index (χ1) is 9.66. The van der Waals surface area contributed by atoms with E-state index in [0.29, 0.717) is 18.9 Å². The highest BCUT2D eigenvalue weighted by molar-refractivity contribution is 5.84. The SMILES string of the molecule is NC1CCCCC1CC(=O)N1CCCC2C(=O)NCC21. The molecule has 2 amide bonds. The largest absolute Gasteiger partial charge is 0.354 e. The molecule has 2 aliphatic heterocycles. The number of fused-ring (bicyclic) bond motifs is 1. The number of hydrogen-bond acceptors (Lipinski definition) is 3. The van der Waals surface area contributed by atoms with E-state index in [4.69, 9.17) is 5.73 Å². The molecule has 2 saturated heterocycles. The summed E-state index contributed by atoms with van der Waals surface area (Å²) in [4.78, 5) is 26.3. The van der Waals surface area contributed by atoms with Crippen LogP contribution >= 0.6 is 0 Å². The van der Waals surface area contributed by atoms with Gasteiger partial charge >= 0.3 is 0 Å². The first-order valence-corrected chi connectivity index (χ1v) is 7.99. The number of nitrogens with one attached hydrogen (secondary N) is 1. The third-order valence-electron chi connectivity index (χ3n) is 5.33. The fourth-order valence-electron chi connectivity index (χ4n) is 4.09. The van der Waals surface area contributed by atoms with E-state index < -0.39 is 0 Å². The van der Waals surface area contributed by atoms with Gasteiger partial charge in [0.25, 0.3) is 0 Å². The molecule has 4 atom stereocenters. The van der Waals surface area contributed by atoms with Gasteiger partial charge in [0, 0.05) is 25.6 Å². The van der Waals surface area contributed by atoms with Crippen molar-refractivity contribution in [1.29, 1.82) is 0 Å². The van der Waals surface area contributed by atoms with Crippen LogP contribution < -0.4 is 11.1 Å². The van der Waals surface area contributed by atoms with Crippen LogP contribution in [-0.4, -0.2) is 41.9 Å². The second-order valence-electron chi connectivity index (χ2n) is 6.56. The first kappa shape index (κ1) is 13.9. The van der Waals surface area contributed by atoms with E-state index in [-0.39, 0.29) is 29.8 Å². The van der Waals surface area contributed by atoms with Gasteiger partial charge < -0.3 is 16.0 Å². The van der Waals surface area contributed by atoms with Crippen molar-refractivity contribution in [3.63, 3.8) is 0 Å². The van der Waals surface area contributed by atoms with Crippen LogP contribution in [0.25, 0.3) is 0 Å². The minimum atomic E-state index is 0.0210. The van der Waals surface area contributed by atoms with Crippen molar-refractivity contribution in [1.82, 2.24) is 10.2 Å². The average Bonchev–Trinajstić information content (AvgIpc) is 2.83. The third-order valence-corrected chi connectivity index (χ3v) is 5.33. The molecule has 3 fully saturated rings. The molecular formula is C15H25N3O2. The lowest BCUT2D eigenvalue weighted by Gasteiger charge is -2.38. The van der Waals surface area contributed by atoms with Crippen molar-refractivity contribution >= 4 is 11.8 Å². The fourth-order valence-corrected chi connectivity index (χ4v) is 4.09. The maximum absolute atomic E-state index is 12.6. The summed E-state index contributed by atoms with van der Waals surface area (Å²) < 4.78 is 0. The van der Waals surface area contributed by atoms with Crippen LogP contribution in [0.15, 0.2) is 0 Å². The Kier molecular flexibility index (Phi) is 3.96. The molecule has 4 unspecified atom stereocenters. The monoisotopic (exact) mass is 279 g/mol. The predicted octanol–water partition coefficient (Wildman–Crippen LogP) is 0.631. The molecule has 112 valence electrons. The van der Waals surface area contributed by atoms with Crippen molar-refractivity contribution in [3.8, 4) is 0 Å². The predicted molar refractivity (Wildman–Crippen MR) is 75.8 cm³/mol. The van der Waals surface area contributed by atoms with Gasteiger partial charge in [-0.2, -0.15) is 0 Å². The van der Waals surface area contributed by atoms with Crippen molar-refractivity contribution < 1.29 is 9.59 Å². The van der Waals surface area contributed by atoms with Crippen LogP contribution in [0.1, 0.15) is 44.9 Å². The quantitative estimate of drug-likeness (QED) is 0.778. The Bertz CT molecular complexity index is 399. The molecule has 3 aliphatic rings. The van der Waals surface area contributed by atoms with Crippen molar-refractivity contribution in [3.05, 3.63) is 0 Å². The second kappa shape index (κ2) is 5.72. The minimum Gasteiger partial charge on any atom is -0.354 e. The zero-order chi connectivity index (χ0) is 14.1. The Balaban J connectivity index is 1.63. The van der Waals surface area contributed by atoms with E-state index in [1.165, 1.54) is 12.8 Å². The third kappa shape index (κ3) is 2.55. The molecule has 0 aromatic rings. The molecule has 5 heteroatoms. The highest BCUT2D eigenvalue weighted by atomic mass is 16.2. The zero-order valence-corrected chi connectivity index (χ0v) is 12.0. The lowest BCUT2D eigenvalue weighted by molar-refractivity contribution is -0.138. The van der Waals surface area contributed by atoms with Gasteiger partial charge in [0.2, 0.25) is 11.8 Å². The standard InChI is InChI=1S/C15H25N3O2/c16-12-6-2-1-4-10(12)8-14(19)18-7-3-5-11-13(18)9-17-15(11)20/h10-13H,1-9,16H2,(H,17,20). The number of likely N-dealkylation sites (tertiary alicyclic amines) is 1. The fraction of sp³-hybridized carbons (Fsp3) is 0.867. The molecule has 1 aliphatic carbocycles. The van der Waals surface area contributed by atoms with Gasteiger partial charge in [-0.15, -0.1) is 0 Å². The van der Waals surface area contributed by atoms with Crippen molar-refractivity contribution in [2.24, 2.45) is 17.6 Å². The van der Waals surface area contributed by atoms with Crippen LogP contribution in [0, 0.1) is 11.8 Å². The van der Waals surface area contributed by atoms with E-state index in [1.807, 2.05) is 4.90 Å². The zero-order valence-electron chi connectivity index (χ0n) is 12.0. The number of nitrogens with two attached hydrogens (primary N) is 1. The number of carbonyl (C=O) groups is 2. The maximum atomic E-state index is 12.6. The summed E-state index contributed by atoms with van der Waals surface area (Å²) in [6.07, 6.45) is 6.94. The van der Waals surface area contributed by atoms with Gasteiger partial charge in [0.05, 0.1) is 12.0 Å². The molecule has 0 aromatic carbocycles. The Morgan fingerprint density at radius 3 is 2.85 bits per heavy atom. The van der Waals surface area contributed by atoms with E-state index >= 15 is 0 Å². The molecule has 0 bridgehead atoms. The summed E-state index contributed by atoms with van der Waals surface area (Å²) in [7, 11) is 0. The van der Waals surface area contributed by atoms with Gasteiger partial charge in [-0.1, -0.05) is 12.8 Å². The molecule has 0 aromatic heterocycles. The number of piperidine rings is 1. The average molecular weight is 279 g/mol. The minimum absolute atomic E-state index is 0.0210. The molecule has 1 saturated carbocycles. The number of carbonyl (C=O) groups excluding carboxylic acids is 2. The molecule has 0 radical (unpaired) electrons. The molecule has 3 rings (SSSR count). The summed E-state index contributed by atoms with van der Waals surface area (Å²) in [6.45, 7) is 1.43. The van der Waals surface area contributed by atoms with E-state index in [2.05, 4.69) is 5.32 Å². The van der Waals surface area contributed by atoms with Gasteiger partial charge in [-0.3, -0.25) is 9.59 Å². The second-order valence-corrected chi connectivity index (χ2v) is 6.56. The number of hydrogen-bond donors (Lipinski definition) is 2. The summed E-state index contributed by atoms with van der Waals surface area (Å²) in [5, 5.41) is 2.90.